The minimum atomic E-state index is 0.138. The monoisotopic (exact) mass is 606 g/mol. The van der Waals surface area contributed by atoms with Crippen LogP contribution in [0.5, 0.6) is 0 Å². The lowest BCUT2D eigenvalue weighted by Crippen LogP contribution is -1.99. The molecule has 222 valence electrons. The summed E-state index contributed by atoms with van der Waals surface area (Å²) < 4.78 is 11.7. The fourth-order valence-corrected chi connectivity index (χ4v) is 6.58. The summed E-state index contributed by atoms with van der Waals surface area (Å²) in [5.74, 6) is 1.46. The van der Waals surface area contributed by atoms with Gasteiger partial charge in [0.1, 0.15) is 0 Å². The molecular weight excluding hydrogens is 569 g/mol. The van der Waals surface area contributed by atoms with Crippen LogP contribution >= 0.6 is 22.7 Å². The highest BCUT2D eigenvalue weighted by Crippen LogP contribution is 2.31. The van der Waals surface area contributed by atoms with Crippen molar-refractivity contribution in [2.75, 3.05) is 0 Å². The molecule has 0 aliphatic rings. The van der Waals surface area contributed by atoms with Gasteiger partial charge < -0.3 is 8.83 Å². The van der Waals surface area contributed by atoms with Crippen LogP contribution in [0.3, 0.4) is 0 Å². The molecule has 0 amide bonds. The summed E-state index contributed by atoms with van der Waals surface area (Å²) in [6, 6.07) is 8.31. The highest BCUT2D eigenvalue weighted by atomic mass is 32.1. The number of thiophene rings is 2. The zero-order valence-electron chi connectivity index (χ0n) is 24.4. The topological polar surface area (TPSA) is 129 Å². The van der Waals surface area contributed by atoms with Crippen LogP contribution in [0.4, 0.5) is 0 Å². The van der Waals surface area contributed by atoms with E-state index in [0.717, 1.165) is 22.6 Å². The van der Waals surface area contributed by atoms with Crippen LogP contribution in [0.2, 0.25) is 0 Å². The third-order valence-electron chi connectivity index (χ3n) is 7.01. The van der Waals surface area contributed by atoms with Crippen LogP contribution in [-0.2, 0) is 12.8 Å². The van der Waals surface area contributed by atoms with Gasteiger partial charge in [-0.2, -0.15) is 0 Å². The van der Waals surface area contributed by atoms with E-state index in [1.807, 2.05) is 12.1 Å². The Morgan fingerprint density at radius 1 is 0.452 bits per heavy atom. The Labute approximate surface area is 254 Å². The fourth-order valence-electron chi connectivity index (χ4n) is 4.64. The maximum Gasteiger partial charge on any atom is 0.289 e. The molecule has 0 N–H and O–H groups in total. The number of hydrogen-bond acceptors (Lipinski definition) is 12. The van der Waals surface area contributed by atoms with Gasteiger partial charge in [0.25, 0.3) is 35.2 Å². The third kappa shape index (κ3) is 8.34. The van der Waals surface area contributed by atoms with Crippen LogP contribution in [-0.4, -0.2) is 40.8 Å². The minimum absolute atomic E-state index is 0.138. The number of rotatable bonds is 18. The van der Waals surface area contributed by atoms with Gasteiger partial charge in [-0.25, -0.2) is 0 Å². The van der Waals surface area contributed by atoms with Gasteiger partial charge in [0.05, 0.1) is 9.75 Å². The lowest BCUT2D eigenvalue weighted by atomic mass is 10.1. The van der Waals surface area contributed by atoms with Gasteiger partial charge >= 0.3 is 0 Å². The molecule has 12 heteroatoms. The summed E-state index contributed by atoms with van der Waals surface area (Å²) in [4.78, 5) is 4.49. The molecule has 0 fully saturated rings. The quantitative estimate of drug-likeness (QED) is 0.0893. The van der Waals surface area contributed by atoms with Crippen molar-refractivity contribution >= 4 is 22.7 Å². The van der Waals surface area contributed by atoms with E-state index in [4.69, 9.17) is 8.83 Å². The average Bonchev–Trinajstić information content (AvgIpc) is 3.84. The molecule has 10 nitrogen and oxygen atoms in total. The summed E-state index contributed by atoms with van der Waals surface area (Å²) in [6.45, 7) is 4.49. The lowest BCUT2D eigenvalue weighted by molar-refractivity contribution is 0.567. The Kier molecular flexibility index (Phi) is 11.3. The van der Waals surface area contributed by atoms with E-state index in [9.17, 15) is 0 Å². The largest absolute Gasteiger partial charge is 0.412 e. The van der Waals surface area contributed by atoms with Crippen LogP contribution in [0.1, 0.15) is 101 Å². The number of aryl methyl sites for hydroxylation is 2. The second-order valence-electron chi connectivity index (χ2n) is 10.4. The van der Waals surface area contributed by atoms with Crippen molar-refractivity contribution in [3.8, 4) is 45.0 Å². The predicted molar refractivity (Wildman–Crippen MR) is 165 cm³/mol. The van der Waals surface area contributed by atoms with E-state index in [0.29, 0.717) is 11.8 Å². The highest BCUT2D eigenvalue weighted by molar-refractivity contribution is 7.15. The van der Waals surface area contributed by atoms with Crippen molar-refractivity contribution in [3.63, 3.8) is 0 Å². The summed E-state index contributed by atoms with van der Waals surface area (Å²) in [7, 11) is 0. The maximum absolute atomic E-state index is 5.83. The first kappa shape index (κ1) is 30.1. The first-order valence-corrected chi connectivity index (χ1v) is 16.8. The van der Waals surface area contributed by atoms with Crippen molar-refractivity contribution in [1.82, 2.24) is 40.8 Å². The molecule has 0 aromatic carbocycles. The van der Waals surface area contributed by atoms with Gasteiger partial charge in [0, 0.05) is 9.75 Å². The molecule has 0 saturated carbocycles. The lowest BCUT2D eigenvalue weighted by Gasteiger charge is -1.99. The Morgan fingerprint density at radius 3 is 1.26 bits per heavy atom. The molecule has 5 rings (SSSR count). The van der Waals surface area contributed by atoms with Crippen molar-refractivity contribution in [3.05, 3.63) is 34.0 Å². The molecule has 5 aromatic rings. The number of unbranched alkanes of at least 4 members (excludes halogenated alkanes) is 10. The summed E-state index contributed by atoms with van der Waals surface area (Å²) >= 11 is 3.35. The Bertz CT molecular complexity index is 1380. The van der Waals surface area contributed by atoms with Crippen molar-refractivity contribution in [2.45, 2.75) is 104 Å². The van der Waals surface area contributed by atoms with E-state index < -0.39 is 0 Å². The second kappa shape index (κ2) is 15.7. The van der Waals surface area contributed by atoms with Crippen LogP contribution in [0, 0.1) is 0 Å². The minimum Gasteiger partial charge on any atom is -0.412 e. The zero-order valence-corrected chi connectivity index (χ0v) is 26.1. The van der Waals surface area contributed by atoms with Gasteiger partial charge in [0.2, 0.25) is 0 Å². The molecule has 0 bridgehead atoms. The van der Waals surface area contributed by atoms with Gasteiger partial charge in [-0.3, -0.25) is 0 Å². The van der Waals surface area contributed by atoms with Crippen LogP contribution in [0.25, 0.3) is 45.0 Å². The van der Waals surface area contributed by atoms with Crippen LogP contribution < -0.4 is 0 Å². The molecular formula is C30H38N8O2S2. The third-order valence-corrected chi connectivity index (χ3v) is 9.28. The van der Waals surface area contributed by atoms with E-state index in [2.05, 4.69) is 66.8 Å². The van der Waals surface area contributed by atoms with Crippen molar-refractivity contribution < 1.29 is 8.83 Å². The van der Waals surface area contributed by atoms with E-state index in [-0.39, 0.29) is 23.4 Å². The molecule has 42 heavy (non-hydrogen) atoms. The van der Waals surface area contributed by atoms with E-state index >= 15 is 0 Å². The van der Waals surface area contributed by atoms with E-state index in [1.165, 1.54) is 86.8 Å². The second-order valence-corrected chi connectivity index (χ2v) is 12.8. The SMILES string of the molecule is CCCCCCCCc1ccc(-c2nnc(-c3nnc(-c4nnc(-c5ccc(CCCCCCCC)s5)o4)nn3)o2)s1. The highest BCUT2D eigenvalue weighted by Gasteiger charge is 2.19. The summed E-state index contributed by atoms with van der Waals surface area (Å²) in [6.07, 6.45) is 17.6. The Morgan fingerprint density at radius 2 is 0.833 bits per heavy atom. The molecule has 0 unspecified atom stereocenters. The van der Waals surface area contributed by atoms with Crippen molar-refractivity contribution in [1.29, 1.82) is 0 Å². The van der Waals surface area contributed by atoms with Gasteiger partial charge in [-0.05, 0) is 49.9 Å². The predicted octanol–water partition coefficient (Wildman–Crippen LogP) is 8.63. The molecule has 0 aliphatic heterocycles. The molecule has 0 aliphatic carbocycles. The summed E-state index contributed by atoms with van der Waals surface area (Å²) in [5.41, 5.74) is 0. The number of nitrogens with zero attached hydrogens (tertiary/aromatic N) is 8. The Hall–Kier alpha value is -3.38. The number of aromatic nitrogens is 8. The molecule has 5 aromatic heterocycles. The van der Waals surface area contributed by atoms with Crippen molar-refractivity contribution in [2.24, 2.45) is 0 Å². The molecule has 0 spiro atoms. The Balaban J connectivity index is 1.13. The smallest absolute Gasteiger partial charge is 0.289 e. The normalized spacial score (nSPS) is 11.5. The summed E-state index contributed by atoms with van der Waals surface area (Å²) in [5, 5.41) is 33.0. The average molecular weight is 607 g/mol. The van der Waals surface area contributed by atoms with Gasteiger partial charge in [-0.15, -0.1) is 63.5 Å². The number of hydrogen-bond donors (Lipinski definition) is 0. The molecule has 0 radical (unpaired) electrons. The molecule has 5 heterocycles. The first-order chi connectivity index (χ1) is 20.7. The maximum atomic E-state index is 5.83. The molecule has 0 atom stereocenters. The molecule has 0 saturated heterocycles. The van der Waals surface area contributed by atoms with Gasteiger partial charge in [0.15, 0.2) is 0 Å². The zero-order chi connectivity index (χ0) is 29.0. The fraction of sp³-hybridized carbons (Fsp3) is 0.533. The van der Waals surface area contributed by atoms with E-state index in [1.54, 1.807) is 22.7 Å². The standard InChI is InChI=1S/C30H38N8O2S2/c1-3-5-7-9-11-13-15-21-17-19-23(41-21)27-35-37-29(39-27)25-31-33-26(34-32-25)30-38-36-28(40-30)24-20-18-22(42-24)16-14-12-10-8-6-4-2/h17-20H,3-16H2,1-2H3. The van der Waals surface area contributed by atoms with Crippen LogP contribution in [0.15, 0.2) is 33.1 Å². The van der Waals surface area contributed by atoms with Gasteiger partial charge in [-0.1, -0.05) is 78.1 Å². The first-order valence-electron chi connectivity index (χ1n) is 15.2.